The number of quaternary nitrogens is 1. The van der Waals surface area contributed by atoms with Crippen molar-refractivity contribution in [2.45, 2.75) is 13.0 Å². The molecule has 0 aliphatic rings. The minimum absolute atomic E-state index is 0.145. The SMILES string of the molecule is CC(O)COP(=O)(O)O[N+](C)(C)C. The summed E-state index contributed by atoms with van der Waals surface area (Å²) in [6.07, 6.45) is -0.795. The maximum Gasteiger partial charge on any atom is 0.518 e. The fourth-order valence-corrected chi connectivity index (χ4v) is 1.61. The van der Waals surface area contributed by atoms with Crippen molar-refractivity contribution in [3.05, 3.63) is 0 Å². The second-order valence-corrected chi connectivity index (χ2v) is 4.94. The monoisotopic (exact) mass is 214 g/mol. The first-order valence-electron chi connectivity index (χ1n) is 3.80. The molecule has 80 valence electrons. The third-order valence-electron chi connectivity index (χ3n) is 0.827. The summed E-state index contributed by atoms with van der Waals surface area (Å²) in [5.41, 5.74) is 0. The second-order valence-electron chi connectivity index (χ2n) is 3.58. The van der Waals surface area contributed by atoms with E-state index in [1.54, 1.807) is 21.1 Å². The highest BCUT2D eigenvalue weighted by Gasteiger charge is 2.30. The number of phosphoric acid groups is 1. The van der Waals surface area contributed by atoms with Crippen LogP contribution in [0.5, 0.6) is 0 Å². The van der Waals surface area contributed by atoms with Crippen LogP contribution in [0.25, 0.3) is 0 Å². The predicted octanol–water partition coefficient (Wildman–Crippen LogP) is 0.122. The molecule has 0 rings (SSSR count). The van der Waals surface area contributed by atoms with Crippen LogP contribution >= 0.6 is 7.82 Å². The minimum Gasteiger partial charge on any atom is -0.391 e. The number of phosphoric ester groups is 1. The number of aliphatic hydroxyl groups excluding tert-OH is 1. The Morgan fingerprint density at radius 1 is 1.46 bits per heavy atom. The lowest BCUT2D eigenvalue weighted by molar-refractivity contribution is -1.04. The Morgan fingerprint density at radius 3 is 2.23 bits per heavy atom. The van der Waals surface area contributed by atoms with Crippen LogP contribution in [0.1, 0.15) is 6.92 Å². The molecule has 0 spiro atoms. The van der Waals surface area contributed by atoms with Crippen molar-refractivity contribution in [3.63, 3.8) is 0 Å². The molecule has 2 unspecified atom stereocenters. The van der Waals surface area contributed by atoms with Gasteiger partial charge in [0, 0.05) is 0 Å². The molecular formula is C6H17NO5P+. The summed E-state index contributed by atoms with van der Waals surface area (Å²) < 4.78 is 20.2. The molecule has 13 heavy (non-hydrogen) atoms. The van der Waals surface area contributed by atoms with E-state index >= 15 is 0 Å². The molecule has 0 aliphatic heterocycles. The van der Waals surface area contributed by atoms with Crippen LogP contribution in [0.3, 0.4) is 0 Å². The van der Waals surface area contributed by atoms with E-state index in [4.69, 9.17) is 14.6 Å². The average molecular weight is 214 g/mol. The Balaban J connectivity index is 4.02. The maximum atomic E-state index is 11.1. The van der Waals surface area contributed by atoms with Gasteiger partial charge in [-0.15, -0.1) is 0 Å². The highest BCUT2D eigenvalue weighted by Crippen LogP contribution is 2.44. The van der Waals surface area contributed by atoms with Crippen LogP contribution in [-0.4, -0.2) is 48.5 Å². The van der Waals surface area contributed by atoms with Gasteiger partial charge >= 0.3 is 7.82 Å². The Labute approximate surface area is 77.9 Å². The summed E-state index contributed by atoms with van der Waals surface area (Å²) in [7, 11) is 0.678. The molecule has 0 saturated carbocycles. The first-order valence-corrected chi connectivity index (χ1v) is 5.30. The van der Waals surface area contributed by atoms with Gasteiger partial charge in [0.25, 0.3) is 0 Å². The van der Waals surface area contributed by atoms with E-state index < -0.39 is 13.9 Å². The maximum absolute atomic E-state index is 11.1. The fourth-order valence-electron chi connectivity index (χ4n) is 0.535. The lowest BCUT2D eigenvalue weighted by Gasteiger charge is -2.23. The first kappa shape index (κ1) is 13.0. The zero-order valence-electron chi connectivity index (χ0n) is 8.30. The van der Waals surface area contributed by atoms with E-state index in [0.717, 1.165) is 0 Å². The van der Waals surface area contributed by atoms with Gasteiger partial charge in [0.15, 0.2) is 0 Å². The zero-order chi connectivity index (χ0) is 10.7. The molecule has 0 amide bonds. The highest BCUT2D eigenvalue weighted by molar-refractivity contribution is 7.47. The van der Waals surface area contributed by atoms with Crippen molar-refractivity contribution >= 4 is 7.82 Å². The molecule has 0 aromatic rings. The van der Waals surface area contributed by atoms with Crippen LogP contribution in [0.2, 0.25) is 0 Å². The summed E-state index contributed by atoms with van der Waals surface area (Å²) >= 11 is 0. The van der Waals surface area contributed by atoms with Crippen LogP contribution in [0.15, 0.2) is 0 Å². The van der Waals surface area contributed by atoms with Crippen molar-refractivity contribution in [2.24, 2.45) is 0 Å². The lowest BCUT2D eigenvalue weighted by Crippen LogP contribution is -2.33. The van der Waals surface area contributed by atoms with Crippen molar-refractivity contribution in [2.75, 3.05) is 27.7 Å². The molecule has 6 nitrogen and oxygen atoms in total. The van der Waals surface area contributed by atoms with Crippen LogP contribution in [0, 0.1) is 0 Å². The standard InChI is InChI=1S/C6H16NO5P/c1-6(8)5-11-13(9,10)12-7(2,3)4/h6,8H,5H2,1-4H3/p+1. The van der Waals surface area contributed by atoms with Gasteiger partial charge in [-0.05, 0) is 6.92 Å². The normalized spacial score (nSPS) is 19.5. The molecule has 0 fully saturated rings. The van der Waals surface area contributed by atoms with Crippen LogP contribution in [-0.2, 0) is 13.7 Å². The topological polar surface area (TPSA) is 76.0 Å². The van der Waals surface area contributed by atoms with Gasteiger partial charge in [0.2, 0.25) is 0 Å². The number of aliphatic hydroxyl groups is 1. The lowest BCUT2D eigenvalue weighted by atomic mass is 10.5. The molecule has 0 radical (unpaired) electrons. The smallest absolute Gasteiger partial charge is 0.391 e. The summed E-state index contributed by atoms with van der Waals surface area (Å²) in [6, 6.07) is 0. The quantitative estimate of drug-likeness (QED) is 0.386. The number of hydroxylamine groups is 3. The second kappa shape index (κ2) is 4.50. The van der Waals surface area contributed by atoms with E-state index in [0.29, 0.717) is 0 Å². The van der Waals surface area contributed by atoms with Crippen LogP contribution < -0.4 is 0 Å². The van der Waals surface area contributed by atoms with E-state index in [1.807, 2.05) is 0 Å². The Kier molecular flexibility index (Phi) is 4.51. The van der Waals surface area contributed by atoms with Crippen molar-refractivity contribution < 1.29 is 28.4 Å². The van der Waals surface area contributed by atoms with Gasteiger partial charge in [0.1, 0.15) is 0 Å². The Morgan fingerprint density at radius 2 is 1.92 bits per heavy atom. The third-order valence-corrected chi connectivity index (χ3v) is 2.00. The van der Waals surface area contributed by atoms with Crippen molar-refractivity contribution in [1.82, 2.24) is 0 Å². The number of rotatable bonds is 5. The molecule has 7 heteroatoms. The molecule has 2 atom stereocenters. The molecular weight excluding hydrogens is 197 g/mol. The zero-order valence-corrected chi connectivity index (χ0v) is 9.19. The average Bonchev–Trinajstić information content (AvgIpc) is 1.78. The van der Waals surface area contributed by atoms with Gasteiger partial charge in [-0.2, -0.15) is 4.65 Å². The molecule has 0 heterocycles. The Bertz CT molecular complexity index is 200. The fraction of sp³-hybridized carbons (Fsp3) is 1.00. The van der Waals surface area contributed by atoms with Gasteiger partial charge in [-0.25, -0.2) is 4.57 Å². The van der Waals surface area contributed by atoms with Gasteiger partial charge in [0.05, 0.1) is 33.9 Å². The predicted molar refractivity (Wildman–Crippen MR) is 46.6 cm³/mol. The number of hydrogen-bond acceptors (Lipinski definition) is 4. The molecule has 0 aliphatic carbocycles. The molecule has 2 N–H and O–H groups in total. The molecule has 0 aromatic carbocycles. The van der Waals surface area contributed by atoms with Crippen molar-refractivity contribution in [3.8, 4) is 0 Å². The largest absolute Gasteiger partial charge is 0.518 e. The summed E-state index contributed by atoms with van der Waals surface area (Å²) in [4.78, 5) is 9.08. The number of nitrogens with zero attached hydrogens (tertiary/aromatic N) is 1. The summed E-state index contributed by atoms with van der Waals surface area (Å²) in [6.45, 7) is 1.22. The molecule has 0 aromatic heterocycles. The molecule has 0 bridgehead atoms. The van der Waals surface area contributed by atoms with Gasteiger partial charge < -0.3 is 5.11 Å². The van der Waals surface area contributed by atoms with Gasteiger partial charge in [-0.1, -0.05) is 4.62 Å². The van der Waals surface area contributed by atoms with E-state index in [-0.39, 0.29) is 11.3 Å². The molecule has 0 saturated heterocycles. The summed E-state index contributed by atoms with van der Waals surface area (Å²) in [5.74, 6) is 0. The first-order chi connectivity index (χ1) is 5.62. The van der Waals surface area contributed by atoms with Gasteiger partial charge in [-0.3, -0.25) is 9.42 Å². The van der Waals surface area contributed by atoms with Crippen LogP contribution in [0.4, 0.5) is 0 Å². The number of hydrogen-bond donors (Lipinski definition) is 2. The highest BCUT2D eigenvalue weighted by atomic mass is 31.2. The third kappa shape index (κ3) is 8.36. The van der Waals surface area contributed by atoms with Crippen molar-refractivity contribution in [1.29, 1.82) is 0 Å². The van der Waals surface area contributed by atoms with E-state index in [1.165, 1.54) is 6.92 Å². The van der Waals surface area contributed by atoms with E-state index in [2.05, 4.69) is 4.52 Å². The van der Waals surface area contributed by atoms with E-state index in [9.17, 15) is 4.57 Å². The Hall–Kier alpha value is 0.0300. The minimum atomic E-state index is -4.06. The summed E-state index contributed by atoms with van der Waals surface area (Å²) in [5, 5.41) is 8.80.